The van der Waals surface area contributed by atoms with Crippen molar-refractivity contribution in [3.05, 3.63) is 54.1 Å². The number of nitrogens with one attached hydrogen (secondary N) is 1. The molecule has 1 amide bonds. The number of thiocarbonyl (C=S) groups is 1. The Morgan fingerprint density at radius 2 is 1.86 bits per heavy atom. The Labute approximate surface area is 171 Å². The van der Waals surface area contributed by atoms with Gasteiger partial charge in [-0.3, -0.25) is 4.79 Å². The lowest BCUT2D eigenvalue weighted by Crippen LogP contribution is -2.37. The number of carbonyl (C=O) groups excluding carboxylic acids is 1. The Morgan fingerprint density at radius 3 is 2.54 bits per heavy atom. The van der Waals surface area contributed by atoms with Crippen molar-refractivity contribution in [2.45, 2.75) is 19.8 Å². The van der Waals surface area contributed by atoms with E-state index in [1.807, 2.05) is 36.4 Å². The summed E-state index contributed by atoms with van der Waals surface area (Å²) in [6.45, 7) is 4.26. The van der Waals surface area contributed by atoms with Gasteiger partial charge in [-0.05, 0) is 55.2 Å². The minimum atomic E-state index is -0.227. The van der Waals surface area contributed by atoms with Crippen LogP contribution in [0.15, 0.2) is 48.5 Å². The standard InChI is InChI=1S/C22H26N2O3S/c1-16-10-12-24(13-11-16)22(28)17-6-8-19(9-7-17)27-15-21(25)23-18-4-3-5-20(14-18)26-2/h3-9,14,16H,10-13,15H2,1-2H3,(H,23,25). The van der Waals surface area contributed by atoms with Gasteiger partial charge in [-0.1, -0.05) is 25.2 Å². The maximum atomic E-state index is 12.1. The average molecular weight is 399 g/mol. The number of rotatable bonds is 6. The minimum absolute atomic E-state index is 0.0645. The number of nitrogens with zero attached hydrogens (tertiary/aromatic N) is 1. The number of hydrogen-bond acceptors (Lipinski definition) is 4. The molecule has 2 aromatic carbocycles. The molecule has 28 heavy (non-hydrogen) atoms. The summed E-state index contributed by atoms with van der Waals surface area (Å²) in [5.74, 6) is 1.88. The van der Waals surface area contributed by atoms with Crippen LogP contribution in [0.25, 0.3) is 0 Å². The molecule has 0 saturated carbocycles. The molecule has 0 aromatic heterocycles. The lowest BCUT2D eigenvalue weighted by molar-refractivity contribution is -0.118. The van der Waals surface area contributed by atoms with Crippen LogP contribution in [0.3, 0.4) is 0 Å². The fourth-order valence-electron chi connectivity index (χ4n) is 3.13. The fourth-order valence-corrected chi connectivity index (χ4v) is 3.45. The number of ether oxygens (including phenoxy) is 2. The van der Waals surface area contributed by atoms with Crippen molar-refractivity contribution in [3.8, 4) is 11.5 Å². The summed E-state index contributed by atoms with van der Waals surface area (Å²) in [5, 5.41) is 2.79. The van der Waals surface area contributed by atoms with Crippen molar-refractivity contribution in [2.75, 3.05) is 32.1 Å². The van der Waals surface area contributed by atoms with E-state index in [4.69, 9.17) is 21.7 Å². The molecule has 1 N–H and O–H groups in total. The van der Waals surface area contributed by atoms with Crippen LogP contribution in [0.4, 0.5) is 5.69 Å². The molecule has 0 spiro atoms. The van der Waals surface area contributed by atoms with Crippen LogP contribution < -0.4 is 14.8 Å². The van der Waals surface area contributed by atoms with E-state index in [9.17, 15) is 4.79 Å². The lowest BCUT2D eigenvalue weighted by atomic mass is 9.99. The molecule has 0 aliphatic carbocycles. The van der Waals surface area contributed by atoms with E-state index in [1.165, 1.54) is 12.8 Å². The topological polar surface area (TPSA) is 50.8 Å². The van der Waals surface area contributed by atoms with Gasteiger partial charge in [-0.2, -0.15) is 0 Å². The fraction of sp³-hybridized carbons (Fsp3) is 0.364. The Kier molecular flexibility index (Phi) is 6.87. The Balaban J connectivity index is 1.50. The largest absolute Gasteiger partial charge is 0.497 e. The Morgan fingerprint density at radius 1 is 1.14 bits per heavy atom. The summed E-state index contributed by atoms with van der Waals surface area (Å²) in [4.78, 5) is 15.2. The van der Waals surface area contributed by atoms with Gasteiger partial charge in [0.25, 0.3) is 5.91 Å². The molecule has 0 bridgehead atoms. The quantitative estimate of drug-likeness (QED) is 0.742. The predicted octanol–water partition coefficient (Wildman–Crippen LogP) is 4.12. The van der Waals surface area contributed by atoms with Gasteiger partial charge in [0.15, 0.2) is 6.61 Å². The number of benzene rings is 2. The second-order valence-electron chi connectivity index (χ2n) is 7.07. The summed E-state index contributed by atoms with van der Waals surface area (Å²) in [7, 11) is 1.59. The van der Waals surface area contributed by atoms with Gasteiger partial charge in [0.1, 0.15) is 16.5 Å². The van der Waals surface area contributed by atoms with Gasteiger partial charge >= 0.3 is 0 Å². The molecule has 6 heteroatoms. The van der Waals surface area contributed by atoms with Gasteiger partial charge in [0.05, 0.1) is 7.11 Å². The highest BCUT2D eigenvalue weighted by atomic mass is 32.1. The highest BCUT2D eigenvalue weighted by molar-refractivity contribution is 7.80. The van der Waals surface area contributed by atoms with Crippen LogP contribution in [0.5, 0.6) is 11.5 Å². The number of anilines is 1. The molecule has 0 atom stereocenters. The van der Waals surface area contributed by atoms with E-state index >= 15 is 0 Å². The van der Waals surface area contributed by atoms with Crippen molar-refractivity contribution < 1.29 is 14.3 Å². The molecule has 1 fully saturated rings. The lowest BCUT2D eigenvalue weighted by Gasteiger charge is -2.32. The van der Waals surface area contributed by atoms with E-state index < -0.39 is 0 Å². The number of methoxy groups -OCH3 is 1. The van der Waals surface area contributed by atoms with E-state index in [-0.39, 0.29) is 12.5 Å². The molecule has 0 unspecified atom stereocenters. The molecule has 1 aliphatic rings. The second-order valence-corrected chi connectivity index (χ2v) is 7.45. The van der Waals surface area contributed by atoms with Crippen molar-refractivity contribution in [2.24, 2.45) is 5.92 Å². The van der Waals surface area contributed by atoms with E-state index in [0.717, 1.165) is 29.6 Å². The second kappa shape index (κ2) is 9.55. The number of likely N-dealkylation sites (tertiary alicyclic amines) is 1. The van der Waals surface area contributed by atoms with Crippen LogP contribution >= 0.6 is 12.2 Å². The third-order valence-electron chi connectivity index (χ3n) is 4.90. The van der Waals surface area contributed by atoms with Gasteiger partial charge in [0, 0.05) is 30.4 Å². The Hall–Kier alpha value is -2.60. The van der Waals surface area contributed by atoms with Crippen LogP contribution in [0, 0.1) is 5.92 Å². The van der Waals surface area contributed by atoms with Gasteiger partial charge < -0.3 is 19.7 Å². The monoisotopic (exact) mass is 398 g/mol. The summed E-state index contributed by atoms with van der Waals surface area (Å²) < 4.78 is 10.7. The van der Waals surface area contributed by atoms with Gasteiger partial charge in [-0.25, -0.2) is 0 Å². The van der Waals surface area contributed by atoms with Crippen molar-refractivity contribution in [1.82, 2.24) is 4.90 Å². The number of amides is 1. The van der Waals surface area contributed by atoms with Crippen LogP contribution in [-0.4, -0.2) is 42.6 Å². The van der Waals surface area contributed by atoms with E-state index in [0.29, 0.717) is 17.2 Å². The van der Waals surface area contributed by atoms with Crippen LogP contribution in [-0.2, 0) is 4.79 Å². The van der Waals surface area contributed by atoms with Gasteiger partial charge in [0.2, 0.25) is 0 Å². The average Bonchev–Trinajstić information content (AvgIpc) is 2.73. The summed E-state index contributed by atoms with van der Waals surface area (Å²) in [5.41, 5.74) is 1.68. The normalized spacial score (nSPS) is 14.4. The molecule has 0 radical (unpaired) electrons. The molecule has 2 aromatic rings. The number of hydrogen-bond donors (Lipinski definition) is 1. The molecule has 148 valence electrons. The van der Waals surface area contributed by atoms with Crippen molar-refractivity contribution in [1.29, 1.82) is 0 Å². The van der Waals surface area contributed by atoms with Crippen molar-refractivity contribution in [3.63, 3.8) is 0 Å². The highest BCUT2D eigenvalue weighted by Gasteiger charge is 2.18. The smallest absolute Gasteiger partial charge is 0.262 e. The van der Waals surface area contributed by atoms with E-state index in [1.54, 1.807) is 19.2 Å². The molecular weight excluding hydrogens is 372 g/mol. The zero-order valence-electron chi connectivity index (χ0n) is 16.3. The van der Waals surface area contributed by atoms with E-state index in [2.05, 4.69) is 17.1 Å². The summed E-state index contributed by atoms with van der Waals surface area (Å²) in [6.07, 6.45) is 2.37. The SMILES string of the molecule is COc1cccc(NC(=O)COc2ccc(C(=S)N3CCC(C)CC3)cc2)c1. The first kappa shape index (κ1) is 20.1. The zero-order chi connectivity index (χ0) is 19.9. The zero-order valence-corrected chi connectivity index (χ0v) is 17.1. The van der Waals surface area contributed by atoms with Crippen LogP contribution in [0.2, 0.25) is 0 Å². The third-order valence-corrected chi connectivity index (χ3v) is 5.39. The molecule has 1 heterocycles. The predicted molar refractivity (Wildman–Crippen MR) is 115 cm³/mol. The first-order valence-corrected chi connectivity index (χ1v) is 9.92. The minimum Gasteiger partial charge on any atom is -0.497 e. The number of carbonyl (C=O) groups is 1. The molecule has 5 nitrogen and oxygen atoms in total. The molecule has 3 rings (SSSR count). The third kappa shape index (κ3) is 5.45. The summed E-state index contributed by atoms with van der Waals surface area (Å²) >= 11 is 5.63. The highest BCUT2D eigenvalue weighted by Crippen LogP contribution is 2.21. The molecular formula is C22H26N2O3S. The van der Waals surface area contributed by atoms with Crippen molar-refractivity contribution >= 4 is 28.8 Å². The summed E-state index contributed by atoms with van der Waals surface area (Å²) in [6, 6.07) is 14.8. The molecule has 1 saturated heterocycles. The first-order valence-electron chi connectivity index (χ1n) is 9.51. The Bertz CT molecular complexity index is 815. The molecule has 1 aliphatic heterocycles. The van der Waals surface area contributed by atoms with Gasteiger partial charge in [-0.15, -0.1) is 0 Å². The number of piperidine rings is 1. The maximum Gasteiger partial charge on any atom is 0.262 e. The maximum absolute atomic E-state index is 12.1. The van der Waals surface area contributed by atoms with Crippen LogP contribution in [0.1, 0.15) is 25.3 Å². The first-order chi connectivity index (χ1) is 13.5.